The van der Waals surface area contributed by atoms with Crippen LogP contribution in [0.3, 0.4) is 0 Å². The summed E-state index contributed by atoms with van der Waals surface area (Å²) in [5, 5.41) is 8.90. The normalized spacial score (nSPS) is 11.9. The molecule has 1 heterocycles. The van der Waals surface area contributed by atoms with E-state index in [0.29, 0.717) is 11.7 Å². The predicted molar refractivity (Wildman–Crippen MR) is 80.8 cm³/mol. The second-order valence-electron chi connectivity index (χ2n) is 4.87. The topological polar surface area (TPSA) is 85.4 Å². The molecule has 0 saturated heterocycles. The molecule has 5 heteroatoms. The number of pyridine rings is 1. The van der Waals surface area contributed by atoms with Crippen molar-refractivity contribution in [3.05, 3.63) is 47.7 Å². The molecule has 1 aromatic carbocycles. The number of nitrogens with two attached hydrogens (primary N) is 1. The van der Waals surface area contributed by atoms with Crippen molar-refractivity contribution in [2.45, 2.75) is 26.2 Å². The van der Waals surface area contributed by atoms with E-state index in [-0.39, 0.29) is 17.1 Å². The number of carboxylic acids is 1. The van der Waals surface area contributed by atoms with Gasteiger partial charge < -0.3 is 15.6 Å². The third-order valence-corrected chi connectivity index (χ3v) is 3.39. The molecule has 0 aliphatic rings. The Morgan fingerprint density at radius 2 is 2.14 bits per heavy atom. The van der Waals surface area contributed by atoms with Crippen LogP contribution in [-0.4, -0.2) is 16.1 Å². The van der Waals surface area contributed by atoms with Gasteiger partial charge in [-0.2, -0.15) is 0 Å². The van der Waals surface area contributed by atoms with Crippen LogP contribution in [0.2, 0.25) is 0 Å². The Kier molecular flexibility index (Phi) is 4.42. The molecule has 3 N–H and O–H groups in total. The van der Waals surface area contributed by atoms with Gasteiger partial charge >= 0.3 is 5.97 Å². The predicted octanol–water partition coefficient (Wildman–Crippen LogP) is 3.67. The summed E-state index contributed by atoms with van der Waals surface area (Å²) in [6, 6.07) is 9.04. The number of aromatic nitrogens is 1. The molecule has 0 saturated carbocycles. The summed E-state index contributed by atoms with van der Waals surface area (Å²) in [6.07, 6.45) is 2.22. The number of rotatable bonds is 5. The highest BCUT2D eigenvalue weighted by molar-refractivity contribution is 5.88. The summed E-state index contributed by atoms with van der Waals surface area (Å²) in [4.78, 5) is 14.9. The van der Waals surface area contributed by atoms with E-state index in [1.54, 1.807) is 0 Å². The van der Waals surface area contributed by atoms with E-state index >= 15 is 0 Å². The van der Waals surface area contributed by atoms with Crippen LogP contribution in [0.4, 0.5) is 5.69 Å². The van der Waals surface area contributed by atoms with Gasteiger partial charge in [-0.15, -0.1) is 0 Å². The first-order valence-electron chi connectivity index (χ1n) is 6.78. The fourth-order valence-corrected chi connectivity index (χ4v) is 1.98. The Labute approximate surface area is 123 Å². The molecule has 1 atom stereocenters. The Balaban J connectivity index is 2.33. The van der Waals surface area contributed by atoms with E-state index in [4.69, 9.17) is 15.6 Å². The van der Waals surface area contributed by atoms with E-state index in [1.165, 1.54) is 12.3 Å². The number of nitrogens with zero attached hydrogens (tertiary/aromatic N) is 1. The standard InChI is InChI=1S/C16H18N2O3/c1-3-10(2)12-6-4-5-7-14(12)21-15-13(17)8-11(9-18-15)16(19)20/h4-10H,3,17H2,1-2H3,(H,19,20). The number of ether oxygens (including phenoxy) is 1. The molecule has 0 fully saturated rings. The highest BCUT2D eigenvalue weighted by Gasteiger charge is 2.13. The largest absolute Gasteiger partial charge is 0.478 e. The van der Waals surface area contributed by atoms with Crippen molar-refractivity contribution in [1.82, 2.24) is 4.98 Å². The van der Waals surface area contributed by atoms with E-state index in [1.807, 2.05) is 24.3 Å². The highest BCUT2D eigenvalue weighted by Crippen LogP contribution is 2.33. The molecule has 110 valence electrons. The van der Waals surface area contributed by atoms with Crippen molar-refractivity contribution in [3.8, 4) is 11.6 Å². The lowest BCUT2D eigenvalue weighted by atomic mass is 9.98. The summed E-state index contributed by atoms with van der Waals surface area (Å²) in [6.45, 7) is 4.22. The Morgan fingerprint density at radius 3 is 2.76 bits per heavy atom. The molecular weight excluding hydrogens is 268 g/mol. The minimum absolute atomic E-state index is 0.0371. The average molecular weight is 286 g/mol. The van der Waals surface area contributed by atoms with Gasteiger partial charge in [0.2, 0.25) is 5.88 Å². The molecule has 1 aromatic heterocycles. The molecular formula is C16H18N2O3. The maximum atomic E-state index is 10.9. The minimum Gasteiger partial charge on any atom is -0.478 e. The van der Waals surface area contributed by atoms with Crippen LogP contribution in [0.5, 0.6) is 11.6 Å². The van der Waals surface area contributed by atoms with Crippen LogP contribution in [0.25, 0.3) is 0 Å². The van der Waals surface area contributed by atoms with Crippen molar-refractivity contribution >= 4 is 11.7 Å². The first-order valence-corrected chi connectivity index (χ1v) is 6.78. The number of para-hydroxylation sites is 1. The van der Waals surface area contributed by atoms with E-state index in [2.05, 4.69) is 18.8 Å². The van der Waals surface area contributed by atoms with E-state index in [0.717, 1.165) is 12.0 Å². The van der Waals surface area contributed by atoms with Gasteiger partial charge in [-0.25, -0.2) is 9.78 Å². The highest BCUT2D eigenvalue weighted by atomic mass is 16.5. The minimum atomic E-state index is -1.07. The van der Waals surface area contributed by atoms with Crippen LogP contribution in [0.15, 0.2) is 36.5 Å². The molecule has 2 aromatic rings. The third-order valence-electron chi connectivity index (χ3n) is 3.39. The first-order chi connectivity index (χ1) is 10.0. The number of hydrogen-bond acceptors (Lipinski definition) is 4. The fraction of sp³-hybridized carbons (Fsp3) is 0.250. The third kappa shape index (κ3) is 3.31. The van der Waals surface area contributed by atoms with Gasteiger partial charge in [0.25, 0.3) is 0 Å². The Bertz CT molecular complexity index is 656. The Morgan fingerprint density at radius 1 is 1.43 bits per heavy atom. The molecule has 0 aliphatic heterocycles. The molecule has 0 bridgehead atoms. The van der Waals surface area contributed by atoms with Gasteiger partial charge in [0.15, 0.2) is 0 Å². The van der Waals surface area contributed by atoms with Gasteiger partial charge in [0, 0.05) is 6.20 Å². The first kappa shape index (κ1) is 14.8. The zero-order valence-corrected chi connectivity index (χ0v) is 12.0. The van der Waals surface area contributed by atoms with Crippen LogP contribution < -0.4 is 10.5 Å². The summed E-state index contributed by atoms with van der Waals surface area (Å²) >= 11 is 0. The van der Waals surface area contributed by atoms with Gasteiger partial charge in [0.1, 0.15) is 5.75 Å². The van der Waals surface area contributed by atoms with Crippen molar-refractivity contribution in [3.63, 3.8) is 0 Å². The fourth-order valence-electron chi connectivity index (χ4n) is 1.98. The van der Waals surface area contributed by atoms with Gasteiger partial charge in [-0.3, -0.25) is 0 Å². The quantitative estimate of drug-likeness (QED) is 0.876. The lowest BCUT2D eigenvalue weighted by Gasteiger charge is -2.15. The zero-order chi connectivity index (χ0) is 15.4. The van der Waals surface area contributed by atoms with Gasteiger partial charge in [-0.05, 0) is 30.0 Å². The van der Waals surface area contributed by atoms with Crippen LogP contribution in [-0.2, 0) is 0 Å². The molecule has 0 aliphatic carbocycles. The smallest absolute Gasteiger partial charge is 0.337 e. The van der Waals surface area contributed by atoms with Crippen LogP contribution in [0.1, 0.15) is 42.1 Å². The second kappa shape index (κ2) is 6.26. The number of carboxylic acid groups (broad SMARTS) is 1. The Hall–Kier alpha value is -2.56. The maximum absolute atomic E-state index is 10.9. The van der Waals surface area contributed by atoms with Gasteiger partial charge in [-0.1, -0.05) is 32.0 Å². The lowest BCUT2D eigenvalue weighted by Crippen LogP contribution is -2.03. The molecule has 21 heavy (non-hydrogen) atoms. The van der Waals surface area contributed by atoms with Crippen molar-refractivity contribution in [2.75, 3.05) is 5.73 Å². The summed E-state index contributed by atoms with van der Waals surface area (Å²) < 4.78 is 5.77. The van der Waals surface area contributed by atoms with Gasteiger partial charge in [0.05, 0.1) is 11.3 Å². The van der Waals surface area contributed by atoms with Crippen molar-refractivity contribution < 1.29 is 14.6 Å². The number of anilines is 1. The number of nitrogen functional groups attached to an aromatic ring is 1. The second-order valence-corrected chi connectivity index (χ2v) is 4.87. The number of aromatic carboxylic acids is 1. The van der Waals surface area contributed by atoms with E-state index in [9.17, 15) is 4.79 Å². The average Bonchev–Trinajstić information content (AvgIpc) is 2.49. The zero-order valence-electron chi connectivity index (χ0n) is 12.0. The SMILES string of the molecule is CCC(C)c1ccccc1Oc1ncc(C(=O)O)cc1N. The lowest BCUT2D eigenvalue weighted by molar-refractivity contribution is 0.0696. The van der Waals surface area contributed by atoms with Crippen molar-refractivity contribution in [2.24, 2.45) is 0 Å². The number of benzene rings is 1. The number of hydrogen-bond donors (Lipinski definition) is 2. The molecule has 2 rings (SSSR count). The molecule has 0 radical (unpaired) electrons. The molecule has 1 unspecified atom stereocenters. The molecule has 0 spiro atoms. The summed E-state index contributed by atoms with van der Waals surface area (Å²) in [7, 11) is 0. The molecule has 0 amide bonds. The van der Waals surface area contributed by atoms with Crippen LogP contribution in [0, 0.1) is 0 Å². The van der Waals surface area contributed by atoms with Crippen molar-refractivity contribution in [1.29, 1.82) is 0 Å². The maximum Gasteiger partial charge on any atom is 0.337 e. The van der Waals surface area contributed by atoms with E-state index < -0.39 is 5.97 Å². The summed E-state index contributed by atoms with van der Waals surface area (Å²) in [5.41, 5.74) is 7.13. The van der Waals surface area contributed by atoms with Crippen LogP contribution >= 0.6 is 0 Å². The summed E-state index contributed by atoms with van der Waals surface area (Å²) in [5.74, 6) is 0.186. The number of carbonyl (C=O) groups is 1. The molecule has 5 nitrogen and oxygen atoms in total. The monoisotopic (exact) mass is 286 g/mol.